The second-order valence-corrected chi connectivity index (χ2v) is 3.78. The van der Waals surface area contributed by atoms with E-state index in [1.165, 1.54) is 0 Å². The van der Waals surface area contributed by atoms with Crippen molar-refractivity contribution in [1.29, 1.82) is 0 Å². The van der Waals surface area contributed by atoms with Gasteiger partial charge in [-0.15, -0.1) is 0 Å². The highest BCUT2D eigenvalue weighted by Gasteiger charge is 2.18. The number of rotatable bonds is 4. The predicted octanol–water partition coefficient (Wildman–Crippen LogP) is 1.18. The minimum atomic E-state index is 0.280. The van der Waals surface area contributed by atoms with Gasteiger partial charge >= 0.3 is 0 Å². The Hall–Kier alpha value is -0.120. The van der Waals surface area contributed by atoms with E-state index in [9.17, 15) is 0 Å². The van der Waals surface area contributed by atoms with Crippen LogP contribution in [0.4, 0.5) is 0 Å². The van der Waals surface area contributed by atoms with Gasteiger partial charge in [-0.25, -0.2) is 0 Å². The van der Waals surface area contributed by atoms with Crippen LogP contribution in [-0.2, 0) is 9.47 Å². The van der Waals surface area contributed by atoms with Crippen molar-refractivity contribution in [2.45, 2.75) is 44.9 Å². The van der Waals surface area contributed by atoms with E-state index >= 15 is 0 Å². The van der Waals surface area contributed by atoms with Crippen molar-refractivity contribution in [3.8, 4) is 0 Å². The van der Waals surface area contributed by atoms with Gasteiger partial charge in [0, 0.05) is 32.4 Å². The highest BCUT2D eigenvalue weighted by molar-refractivity contribution is 4.77. The quantitative estimate of drug-likeness (QED) is 0.717. The van der Waals surface area contributed by atoms with E-state index in [4.69, 9.17) is 9.47 Å². The number of hydrogen-bond acceptors (Lipinski definition) is 3. The Balaban J connectivity index is 2.21. The van der Waals surface area contributed by atoms with Crippen molar-refractivity contribution in [2.24, 2.45) is 0 Å². The van der Waals surface area contributed by atoms with Crippen molar-refractivity contribution in [2.75, 3.05) is 20.3 Å². The maximum absolute atomic E-state index is 5.30. The summed E-state index contributed by atoms with van der Waals surface area (Å²) in [6.07, 6.45) is 2.53. The molecule has 2 atom stereocenters. The van der Waals surface area contributed by atoms with Crippen molar-refractivity contribution >= 4 is 0 Å². The molecule has 1 N–H and O–H groups in total. The Bertz CT molecular complexity index is 135. The second-order valence-electron chi connectivity index (χ2n) is 3.78. The molecule has 0 aromatic rings. The summed E-state index contributed by atoms with van der Waals surface area (Å²) in [6, 6.07) is 1.04. The van der Waals surface area contributed by atoms with E-state index in [1.807, 2.05) is 0 Å². The molecule has 0 aromatic carbocycles. The molecule has 1 aliphatic heterocycles. The molecule has 3 nitrogen and oxygen atoms in total. The Morgan fingerprint density at radius 1 is 1.31 bits per heavy atom. The maximum atomic E-state index is 5.30. The van der Waals surface area contributed by atoms with Crippen LogP contribution in [-0.4, -0.2) is 38.5 Å². The Morgan fingerprint density at radius 2 is 1.92 bits per heavy atom. The Morgan fingerprint density at radius 3 is 2.46 bits per heavy atom. The highest BCUT2D eigenvalue weighted by Crippen LogP contribution is 2.08. The summed E-state index contributed by atoms with van der Waals surface area (Å²) in [5.74, 6) is 0. The molecule has 3 heteroatoms. The molecule has 0 aliphatic carbocycles. The molecule has 0 bridgehead atoms. The van der Waals surface area contributed by atoms with E-state index in [2.05, 4.69) is 19.2 Å². The second kappa shape index (κ2) is 5.58. The lowest BCUT2D eigenvalue weighted by atomic mass is 10.1. The Labute approximate surface area is 80.8 Å². The van der Waals surface area contributed by atoms with Crippen LogP contribution in [0.2, 0.25) is 0 Å². The van der Waals surface area contributed by atoms with Gasteiger partial charge in [-0.2, -0.15) is 0 Å². The molecule has 2 unspecified atom stereocenters. The molecule has 0 spiro atoms. The van der Waals surface area contributed by atoms with Gasteiger partial charge in [0.05, 0.1) is 6.10 Å². The molecule has 1 saturated heterocycles. The summed E-state index contributed by atoms with van der Waals surface area (Å²) in [7, 11) is 1.76. The number of methoxy groups -OCH3 is 1. The zero-order valence-corrected chi connectivity index (χ0v) is 8.88. The summed E-state index contributed by atoms with van der Waals surface area (Å²) in [6.45, 7) is 6.05. The standard InChI is InChI=1S/C10H21NO2/c1-8(9(2)12-3)11-10-4-6-13-7-5-10/h8-11H,4-7H2,1-3H3. The molecular formula is C10H21NO2. The average molecular weight is 187 g/mol. The first-order valence-corrected chi connectivity index (χ1v) is 5.10. The molecule has 0 saturated carbocycles. The lowest BCUT2D eigenvalue weighted by Crippen LogP contribution is -2.45. The molecule has 1 rings (SSSR count). The molecule has 0 amide bonds. The van der Waals surface area contributed by atoms with Crippen LogP contribution in [0.1, 0.15) is 26.7 Å². The third-order valence-corrected chi connectivity index (χ3v) is 2.80. The predicted molar refractivity (Wildman–Crippen MR) is 52.9 cm³/mol. The lowest BCUT2D eigenvalue weighted by Gasteiger charge is -2.29. The molecule has 78 valence electrons. The molecule has 1 aliphatic rings. The normalized spacial score (nSPS) is 24.2. The van der Waals surface area contributed by atoms with Crippen LogP contribution in [0.3, 0.4) is 0 Å². The van der Waals surface area contributed by atoms with E-state index < -0.39 is 0 Å². The summed E-state index contributed by atoms with van der Waals surface area (Å²) in [4.78, 5) is 0. The first-order chi connectivity index (χ1) is 6.24. The fourth-order valence-corrected chi connectivity index (χ4v) is 1.58. The summed E-state index contributed by atoms with van der Waals surface area (Å²) in [5, 5.41) is 3.56. The van der Waals surface area contributed by atoms with Gasteiger partial charge in [0.25, 0.3) is 0 Å². The molecule has 0 aromatic heterocycles. The van der Waals surface area contributed by atoms with Gasteiger partial charge < -0.3 is 14.8 Å². The first-order valence-electron chi connectivity index (χ1n) is 5.10. The lowest BCUT2D eigenvalue weighted by molar-refractivity contribution is 0.0530. The van der Waals surface area contributed by atoms with Crippen LogP contribution in [0.25, 0.3) is 0 Å². The smallest absolute Gasteiger partial charge is 0.0693 e. The largest absolute Gasteiger partial charge is 0.381 e. The van der Waals surface area contributed by atoms with Crippen LogP contribution >= 0.6 is 0 Å². The molecular weight excluding hydrogens is 166 g/mol. The first kappa shape index (κ1) is 11.0. The van der Waals surface area contributed by atoms with E-state index in [0.717, 1.165) is 26.1 Å². The fourth-order valence-electron chi connectivity index (χ4n) is 1.58. The summed E-state index contributed by atoms with van der Waals surface area (Å²) in [5.41, 5.74) is 0. The number of hydrogen-bond donors (Lipinski definition) is 1. The Kier molecular flexibility index (Phi) is 4.70. The fraction of sp³-hybridized carbons (Fsp3) is 1.00. The molecule has 1 fully saturated rings. The zero-order chi connectivity index (χ0) is 9.68. The summed E-state index contributed by atoms with van der Waals surface area (Å²) < 4.78 is 10.6. The minimum absolute atomic E-state index is 0.280. The SMILES string of the molecule is COC(C)C(C)NC1CCOCC1. The van der Waals surface area contributed by atoms with E-state index in [1.54, 1.807) is 7.11 Å². The van der Waals surface area contributed by atoms with Crippen molar-refractivity contribution in [3.63, 3.8) is 0 Å². The summed E-state index contributed by atoms with van der Waals surface area (Å²) >= 11 is 0. The third-order valence-electron chi connectivity index (χ3n) is 2.80. The molecule has 1 heterocycles. The minimum Gasteiger partial charge on any atom is -0.381 e. The topological polar surface area (TPSA) is 30.5 Å². The van der Waals surface area contributed by atoms with Gasteiger partial charge in [0.1, 0.15) is 0 Å². The number of nitrogens with one attached hydrogen (secondary N) is 1. The van der Waals surface area contributed by atoms with Gasteiger partial charge in [-0.1, -0.05) is 0 Å². The highest BCUT2D eigenvalue weighted by atomic mass is 16.5. The third kappa shape index (κ3) is 3.63. The van der Waals surface area contributed by atoms with Crippen molar-refractivity contribution < 1.29 is 9.47 Å². The molecule has 0 radical (unpaired) electrons. The monoisotopic (exact) mass is 187 g/mol. The van der Waals surface area contributed by atoms with Crippen molar-refractivity contribution in [1.82, 2.24) is 5.32 Å². The zero-order valence-electron chi connectivity index (χ0n) is 8.88. The van der Waals surface area contributed by atoms with Gasteiger partial charge in [-0.3, -0.25) is 0 Å². The van der Waals surface area contributed by atoms with Gasteiger partial charge in [-0.05, 0) is 26.7 Å². The van der Waals surface area contributed by atoms with E-state index in [-0.39, 0.29) is 6.10 Å². The van der Waals surface area contributed by atoms with Crippen LogP contribution in [0.15, 0.2) is 0 Å². The number of ether oxygens (including phenoxy) is 2. The van der Waals surface area contributed by atoms with Crippen LogP contribution < -0.4 is 5.32 Å². The van der Waals surface area contributed by atoms with Gasteiger partial charge in [0.2, 0.25) is 0 Å². The van der Waals surface area contributed by atoms with Crippen molar-refractivity contribution in [3.05, 3.63) is 0 Å². The van der Waals surface area contributed by atoms with Gasteiger partial charge in [0.15, 0.2) is 0 Å². The van der Waals surface area contributed by atoms with Crippen LogP contribution in [0, 0.1) is 0 Å². The maximum Gasteiger partial charge on any atom is 0.0693 e. The average Bonchev–Trinajstić information content (AvgIpc) is 2.18. The van der Waals surface area contributed by atoms with Crippen LogP contribution in [0.5, 0.6) is 0 Å². The molecule has 13 heavy (non-hydrogen) atoms. The van der Waals surface area contributed by atoms with E-state index in [0.29, 0.717) is 12.1 Å².